The summed E-state index contributed by atoms with van der Waals surface area (Å²) in [5.74, 6) is 1.49. The lowest BCUT2D eigenvalue weighted by molar-refractivity contribution is 0.271. The van der Waals surface area contributed by atoms with Crippen molar-refractivity contribution in [2.45, 2.75) is 20.3 Å². The smallest absolute Gasteiger partial charge is 0.119 e. The van der Waals surface area contributed by atoms with E-state index in [-0.39, 0.29) is 0 Å². The zero-order valence-electron chi connectivity index (χ0n) is 14.2. The summed E-state index contributed by atoms with van der Waals surface area (Å²) in [5, 5.41) is 6.88. The van der Waals surface area contributed by atoms with Crippen molar-refractivity contribution in [1.82, 2.24) is 5.32 Å². The molecule has 23 heavy (non-hydrogen) atoms. The third kappa shape index (κ3) is 7.20. The van der Waals surface area contributed by atoms with Gasteiger partial charge in [-0.2, -0.15) is 0 Å². The summed E-state index contributed by atoms with van der Waals surface area (Å²) in [5.41, 5.74) is 2.51. The minimum absolute atomic E-state index is 0.551. The average molecular weight is 312 g/mol. The average Bonchev–Trinajstić information content (AvgIpc) is 2.58. The Morgan fingerprint density at radius 2 is 1.61 bits per heavy atom. The van der Waals surface area contributed by atoms with Crippen LogP contribution in [0.1, 0.15) is 19.4 Å². The molecule has 3 heteroatoms. The van der Waals surface area contributed by atoms with Gasteiger partial charge in [0.15, 0.2) is 0 Å². The van der Waals surface area contributed by atoms with Crippen LogP contribution >= 0.6 is 0 Å². The van der Waals surface area contributed by atoms with Gasteiger partial charge in [-0.05, 0) is 48.7 Å². The molecule has 0 aliphatic heterocycles. The molecular weight excluding hydrogens is 284 g/mol. The van der Waals surface area contributed by atoms with E-state index in [4.69, 9.17) is 4.74 Å². The summed E-state index contributed by atoms with van der Waals surface area (Å²) in [4.78, 5) is 0. The molecule has 0 atom stereocenters. The SMILES string of the molecule is CC(C)COc1ccc(NCCNCCc2ccccc2)cc1. The first kappa shape index (κ1) is 17.4. The first-order valence-electron chi connectivity index (χ1n) is 8.45. The maximum absolute atomic E-state index is 5.68. The number of rotatable bonds is 10. The number of nitrogens with one attached hydrogen (secondary N) is 2. The molecule has 0 bridgehead atoms. The monoisotopic (exact) mass is 312 g/mol. The molecule has 2 rings (SSSR count). The van der Waals surface area contributed by atoms with Crippen LogP contribution in [0.5, 0.6) is 5.75 Å². The Morgan fingerprint density at radius 1 is 0.870 bits per heavy atom. The van der Waals surface area contributed by atoms with Crippen LogP contribution in [0.3, 0.4) is 0 Å². The van der Waals surface area contributed by atoms with Gasteiger partial charge in [-0.15, -0.1) is 0 Å². The van der Waals surface area contributed by atoms with Crippen LogP contribution in [0, 0.1) is 5.92 Å². The van der Waals surface area contributed by atoms with Gasteiger partial charge in [0.2, 0.25) is 0 Å². The molecule has 0 aliphatic rings. The van der Waals surface area contributed by atoms with E-state index in [1.165, 1.54) is 5.56 Å². The van der Waals surface area contributed by atoms with Crippen molar-refractivity contribution in [2.24, 2.45) is 5.92 Å². The molecule has 0 radical (unpaired) electrons. The molecular formula is C20H28N2O. The first-order chi connectivity index (χ1) is 11.2. The molecule has 2 aromatic rings. The van der Waals surface area contributed by atoms with Crippen LogP contribution in [0.15, 0.2) is 54.6 Å². The molecule has 0 unspecified atom stereocenters. The number of anilines is 1. The van der Waals surface area contributed by atoms with Crippen molar-refractivity contribution in [1.29, 1.82) is 0 Å². The topological polar surface area (TPSA) is 33.3 Å². The Bertz CT molecular complexity index is 537. The Balaban J connectivity index is 1.57. The van der Waals surface area contributed by atoms with Crippen molar-refractivity contribution in [3.8, 4) is 5.75 Å². The van der Waals surface area contributed by atoms with Gasteiger partial charge < -0.3 is 15.4 Å². The highest BCUT2D eigenvalue weighted by molar-refractivity contribution is 5.46. The highest BCUT2D eigenvalue weighted by Crippen LogP contribution is 2.16. The summed E-state index contributed by atoms with van der Waals surface area (Å²) in [6.45, 7) is 7.95. The summed E-state index contributed by atoms with van der Waals surface area (Å²) in [7, 11) is 0. The van der Waals surface area contributed by atoms with Gasteiger partial charge in [0.1, 0.15) is 5.75 Å². The summed E-state index contributed by atoms with van der Waals surface area (Å²) >= 11 is 0. The molecule has 0 amide bonds. The highest BCUT2D eigenvalue weighted by atomic mass is 16.5. The second-order valence-electron chi connectivity index (χ2n) is 6.14. The molecule has 124 valence electrons. The predicted molar refractivity (Wildman–Crippen MR) is 98.3 cm³/mol. The van der Waals surface area contributed by atoms with Crippen molar-refractivity contribution in [3.63, 3.8) is 0 Å². The molecule has 0 spiro atoms. The van der Waals surface area contributed by atoms with Crippen molar-refractivity contribution < 1.29 is 4.74 Å². The first-order valence-corrected chi connectivity index (χ1v) is 8.45. The van der Waals surface area contributed by atoms with E-state index in [9.17, 15) is 0 Å². The van der Waals surface area contributed by atoms with Crippen molar-refractivity contribution in [3.05, 3.63) is 60.2 Å². The molecule has 0 heterocycles. The van der Waals surface area contributed by atoms with Gasteiger partial charge in [0, 0.05) is 18.8 Å². The van der Waals surface area contributed by atoms with Crippen LogP contribution in [-0.2, 0) is 6.42 Å². The van der Waals surface area contributed by atoms with E-state index < -0.39 is 0 Å². The molecule has 2 N–H and O–H groups in total. The predicted octanol–water partition coefficient (Wildman–Crippen LogP) is 3.97. The standard InChI is InChI=1S/C20H28N2O/c1-17(2)16-23-20-10-8-19(9-11-20)22-15-14-21-13-12-18-6-4-3-5-7-18/h3-11,17,21-22H,12-16H2,1-2H3. The zero-order chi connectivity index (χ0) is 16.3. The fourth-order valence-corrected chi connectivity index (χ4v) is 2.23. The van der Waals surface area contributed by atoms with E-state index in [0.717, 1.165) is 44.1 Å². The van der Waals surface area contributed by atoms with Gasteiger partial charge in [0.05, 0.1) is 6.61 Å². The van der Waals surface area contributed by atoms with E-state index in [1.807, 2.05) is 12.1 Å². The van der Waals surface area contributed by atoms with E-state index in [0.29, 0.717) is 5.92 Å². The minimum atomic E-state index is 0.551. The van der Waals surface area contributed by atoms with E-state index in [1.54, 1.807) is 0 Å². The van der Waals surface area contributed by atoms with Gasteiger partial charge in [0.25, 0.3) is 0 Å². The quantitative estimate of drug-likeness (QED) is 0.651. The van der Waals surface area contributed by atoms with Crippen LogP contribution in [0.25, 0.3) is 0 Å². The third-order valence-electron chi connectivity index (χ3n) is 3.50. The van der Waals surface area contributed by atoms with Crippen LogP contribution < -0.4 is 15.4 Å². The fraction of sp³-hybridized carbons (Fsp3) is 0.400. The lowest BCUT2D eigenvalue weighted by atomic mass is 10.1. The maximum Gasteiger partial charge on any atom is 0.119 e. The molecule has 0 aromatic heterocycles. The largest absolute Gasteiger partial charge is 0.493 e. The second kappa shape index (κ2) is 9.90. The van der Waals surface area contributed by atoms with E-state index >= 15 is 0 Å². The van der Waals surface area contributed by atoms with E-state index in [2.05, 4.69) is 66.9 Å². The van der Waals surface area contributed by atoms with Crippen LogP contribution in [0.4, 0.5) is 5.69 Å². The van der Waals surface area contributed by atoms with Crippen molar-refractivity contribution in [2.75, 3.05) is 31.6 Å². The number of hydrogen-bond donors (Lipinski definition) is 2. The van der Waals surface area contributed by atoms with Gasteiger partial charge in [-0.1, -0.05) is 44.2 Å². The van der Waals surface area contributed by atoms with Gasteiger partial charge >= 0.3 is 0 Å². The molecule has 2 aromatic carbocycles. The molecule has 0 saturated carbocycles. The molecule has 0 aliphatic carbocycles. The second-order valence-corrected chi connectivity index (χ2v) is 6.14. The number of ether oxygens (including phenoxy) is 1. The minimum Gasteiger partial charge on any atom is -0.493 e. The highest BCUT2D eigenvalue weighted by Gasteiger charge is 1.98. The summed E-state index contributed by atoms with van der Waals surface area (Å²) in [6.07, 6.45) is 1.07. The van der Waals surface area contributed by atoms with Crippen LogP contribution in [-0.4, -0.2) is 26.2 Å². The zero-order valence-corrected chi connectivity index (χ0v) is 14.2. The lowest BCUT2D eigenvalue weighted by Gasteiger charge is -2.11. The molecule has 0 fully saturated rings. The van der Waals surface area contributed by atoms with Crippen LogP contribution in [0.2, 0.25) is 0 Å². The Hall–Kier alpha value is -2.00. The van der Waals surface area contributed by atoms with Crippen molar-refractivity contribution >= 4 is 5.69 Å². The lowest BCUT2D eigenvalue weighted by Crippen LogP contribution is -2.24. The third-order valence-corrected chi connectivity index (χ3v) is 3.50. The van der Waals surface area contributed by atoms with Gasteiger partial charge in [-0.25, -0.2) is 0 Å². The number of benzene rings is 2. The molecule has 3 nitrogen and oxygen atoms in total. The summed E-state index contributed by atoms with van der Waals surface area (Å²) < 4.78 is 5.68. The number of hydrogen-bond acceptors (Lipinski definition) is 3. The Kier molecular flexibility index (Phi) is 7.47. The maximum atomic E-state index is 5.68. The van der Waals surface area contributed by atoms with Gasteiger partial charge in [-0.3, -0.25) is 0 Å². The Labute approximate surface area is 140 Å². The summed E-state index contributed by atoms with van der Waals surface area (Å²) in [6, 6.07) is 18.8. The molecule has 0 saturated heterocycles. The Morgan fingerprint density at radius 3 is 2.30 bits per heavy atom. The normalized spacial score (nSPS) is 10.7. The fourth-order valence-electron chi connectivity index (χ4n) is 2.23.